The first kappa shape index (κ1) is 16.2. The van der Waals surface area contributed by atoms with Crippen LogP contribution in [0.5, 0.6) is 11.5 Å². The van der Waals surface area contributed by atoms with E-state index in [2.05, 4.69) is 6.92 Å². The van der Waals surface area contributed by atoms with E-state index in [4.69, 9.17) is 15.2 Å². The summed E-state index contributed by atoms with van der Waals surface area (Å²) in [6.07, 6.45) is 4.18. The summed E-state index contributed by atoms with van der Waals surface area (Å²) in [5.41, 5.74) is 6.08. The van der Waals surface area contributed by atoms with E-state index >= 15 is 0 Å². The van der Waals surface area contributed by atoms with Crippen LogP contribution in [-0.2, 0) is 6.54 Å². The van der Waals surface area contributed by atoms with Crippen LogP contribution in [0.25, 0.3) is 0 Å². The van der Waals surface area contributed by atoms with Gasteiger partial charge in [0.05, 0.1) is 18.6 Å². The van der Waals surface area contributed by atoms with E-state index in [-0.39, 0.29) is 18.0 Å². The van der Waals surface area contributed by atoms with Crippen LogP contribution in [-0.4, -0.2) is 18.6 Å². The maximum Gasteiger partial charge on any atom is 0.315 e. The molecule has 112 valence electrons. The Kier molecular flexibility index (Phi) is 6.79. The second-order valence-corrected chi connectivity index (χ2v) is 4.52. The van der Waals surface area contributed by atoms with E-state index in [1.807, 2.05) is 0 Å². The van der Waals surface area contributed by atoms with Crippen LogP contribution >= 0.6 is 0 Å². The Labute approximate surface area is 119 Å². The molecule has 0 heterocycles. The van der Waals surface area contributed by atoms with Gasteiger partial charge in [-0.25, -0.2) is 0 Å². The van der Waals surface area contributed by atoms with E-state index in [1.54, 1.807) is 6.07 Å². The quantitative estimate of drug-likeness (QED) is 0.427. The molecule has 20 heavy (non-hydrogen) atoms. The number of nitro benzene ring substituents is 1. The number of hydrogen-bond acceptors (Lipinski definition) is 5. The highest BCUT2D eigenvalue weighted by Gasteiger charge is 2.21. The van der Waals surface area contributed by atoms with Gasteiger partial charge in [0, 0.05) is 12.6 Å². The van der Waals surface area contributed by atoms with Crippen LogP contribution in [0.3, 0.4) is 0 Å². The van der Waals surface area contributed by atoms with Crippen molar-refractivity contribution >= 4 is 5.69 Å². The van der Waals surface area contributed by atoms with E-state index in [0.29, 0.717) is 17.9 Å². The van der Waals surface area contributed by atoms with E-state index in [1.165, 1.54) is 13.2 Å². The molecule has 1 aromatic carbocycles. The Morgan fingerprint density at radius 3 is 2.60 bits per heavy atom. The number of unbranched alkanes of at least 4 members (excludes halogenated alkanes) is 3. The van der Waals surface area contributed by atoms with Crippen molar-refractivity contribution in [1.29, 1.82) is 0 Å². The first-order valence-electron chi connectivity index (χ1n) is 6.82. The molecular weight excluding hydrogens is 260 g/mol. The fourth-order valence-electron chi connectivity index (χ4n) is 1.90. The van der Waals surface area contributed by atoms with Crippen LogP contribution in [0.4, 0.5) is 5.69 Å². The minimum absolute atomic E-state index is 0.0970. The SMILES string of the molecule is CCCCCCOc1c(OC)cc(CN)cc1[N+](=O)[O-]. The molecule has 0 aliphatic rings. The van der Waals surface area contributed by atoms with Gasteiger partial charge in [0.1, 0.15) is 0 Å². The van der Waals surface area contributed by atoms with E-state index < -0.39 is 4.92 Å². The minimum Gasteiger partial charge on any atom is -0.493 e. The summed E-state index contributed by atoms with van der Waals surface area (Å²) in [4.78, 5) is 10.7. The largest absolute Gasteiger partial charge is 0.493 e. The fourth-order valence-corrected chi connectivity index (χ4v) is 1.90. The Hall–Kier alpha value is -1.82. The average molecular weight is 282 g/mol. The molecule has 0 spiro atoms. The van der Waals surface area contributed by atoms with Crippen molar-refractivity contribution in [3.8, 4) is 11.5 Å². The second kappa shape index (κ2) is 8.37. The van der Waals surface area contributed by atoms with Crippen LogP contribution in [0.2, 0.25) is 0 Å². The van der Waals surface area contributed by atoms with Gasteiger partial charge in [-0.3, -0.25) is 10.1 Å². The summed E-state index contributed by atoms with van der Waals surface area (Å²) < 4.78 is 10.7. The van der Waals surface area contributed by atoms with Crippen molar-refractivity contribution in [3.63, 3.8) is 0 Å². The Morgan fingerprint density at radius 2 is 2.05 bits per heavy atom. The summed E-state index contributed by atoms with van der Waals surface area (Å²) in [6.45, 7) is 2.79. The van der Waals surface area contributed by atoms with Gasteiger partial charge in [-0.05, 0) is 18.1 Å². The first-order chi connectivity index (χ1) is 9.63. The molecule has 0 fully saturated rings. The van der Waals surface area contributed by atoms with Gasteiger partial charge in [-0.15, -0.1) is 0 Å². The lowest BCUT2D eigenvalue weighted by atomic mass is 10.1. The van der Waals surface area contributed by atoms with Crippen molar-refractivity contribution in [2.75, 3.05) is 13.7 Å². The molecule has 0 atom stereocenters. The molecule has 0 unspecified atom stereocenters. The predicted molar refractivity (Wildman–Crippen MR) is 77.2 cm³/mol. The Balaban J connectivity index is 2.88. The zero-order valence-corrected chi connectivity index (χ0v) is 12.1. The molecule has 6 heteroatoms. The molecule has 0 saturated heterocycles. The van der Waals surface area contributed by atoms with Crippen molar-refractivity contribution in [2.24, 2.45) is 5.73 Å². The number of benzene rings is 1. The zero-order valence-electron chi connectivity index (χ0n) is 12.1. The lowest BCUT2D eigenvalue weighted by molar-refractivity contribution is -0.386. The zero-order chi connectivity index (χ0) is 15.0. The highest BCUT2D eigenvalue weighted by molar-refractivity contribution is 5.58. The lowest BCUT2D eigenvalue weighted by Crippen LogP contribution is -2.05. The second-order valence-electron chi connectivity index (χ2n) is 4.52. The van der Waals surface area contributed by atoms with Crippen LogP contribution in [0.1, 0.15) is 38.2 Å². The summed E-state index contributed by atoms with van der Waals surface area (Å²) in [6, 6.07) is 3.11. The number of rotatable bonds is 9. The van der Waals surface area contributed by atoms with Gasteiger partial charge in [-0.2, -0.15) is 0 Å². The highest BCUT2D eigenvalue weighted by Crippen LogP contribution is 2.38. The van der Waals surface area contributed by atoms with Gasteiger partial charge >= 0.3 is 5.69 Å². The van der Waals surface area contributed by atoms with Gasteiger partial charge in [0.2, 0.25) is 5.75 Å². The normalized spacial score (nSPS) is 10.3. The molecule has 2 N–H and O–H groups in total. The smallest absolute Gasteiger partial charge is 0.315 e. The molecular formula is C14H22N2O4. The molecule has 0 radical (unpaired) electrons. The number of methoxy groups -OCH3 is 1. The molecule has 0 saturated carbocycles. The molecule has 1 aromatic rings. The van der Waals surface area contributed by atoms with Crippen molar-refractivity contribution < 1.29 is 14.4 Å². The summed E-state index contributed by atoms with van der Waals surface area (Å²) in [5, 5.41) is 11.1. The molecule has 0 bridgehead atoms. The molecule has 0 aliphatic heterocycles. The van der Waals surface area contributed by atoms with Crippen LogP contribution in [0.15, 0.2) is 12.1 Å². The molecule has 0 amide bonds. The van der Waals surface area contributed by atoms with Crippen LogP contribution in [0, 0.1) is 10.1 Å². The maximum atomic E-state index is 11.1. The topological polar surface area (TPSA) is 87.6 Å². The number of hydrogen-bond donors (Lipinski definition) is 1. The van der Waals surface area contributed by atoms with Crippen molar-refractivity contribution in [2.45, 2.75) is 39.2 Å². The monoisotopic (exact) mass is 282 g/mol. The van der Waals surface area contributed by atoms with Crippen LogP contribution < -0.4 is 15.2 Å². The molecule has 0 aromatic heterocycles. The number of ether oxygens (including phenoxy) is 2. The lowest BCUT2D eigenvalue weighted by Gasteiger charge is -2.12. The van der Waals surface area contributed by atoms with Gasteiger partial charge in [0.15, 0.2) is 5.75 Å². The third-order valence-corrected chi connectivity index (χ3v) is 2.99. The Bertz CT molecular complexity index is 449. The average Bonchev–Trinajstić information content (AvgIpc) is 2.46. The highest BCUT2D eigenvalue weighted by atomic mass is 16.6. The summed E-state index contributed by atoms with van der Waals surface area (Å²) >= 11 is 0. The molecule has 0 aliphatic carbocycles. The first-order valence-corrected chi connectivity index (χ1v) is 6.82. The van der Waals surface area contributed by atoms with Gasteiger partial charge < -0.3 is 15.2 Å². The van der Waals surface area contributed by atoms with Crippen molar-refractivity contribution in [3.05, 3.63) is 27.8 Å². The number of nitrogens with zero attached hydrogens (tertiary/aromatic N) is 1. The predicted octanol–water partition coefficient (Wildman–Crippen LogP) is 3.02. The summed E-state index contributed by atoms with van der Waals surface area (Å²) in [5.74, 6) is 0.543. The fraction of sp³-hybridized carbons (Fsp3) is 0.571. The van der Waals surface area contributed by atoms with E-state index in [0.717, 1.165) is 25.7 Å². The minimum atomic E-state index is -0.469. The standard InChI is InChI=1S/C14H22N2O4/c1-3-4-5-6-7-20-14-12(16(17)18)8-11(10-15)9-13(14)19-2/h8-9H,3-7,10,15H2,1-2H3. The third kappa shape index (κ3) is 4.38. The molecule has 1 rings (SSSR count). The Morgan fingerprint density at radius 1 is 1.30 bits per heavy atom. The number of nitrogens with two attached hydrogens (primary N) is 1. The van der Waals surface area contributed by atoms with Gasteiger partial charge in [0.25, 0.3) is 0 Å². The maximum absolute atomic E-state index is 11.1. The number of nitro groups is 1. The van der Waals surface area contributed by atoms with Crippen molar-refractivity contribution in [1.82, 2.24) is 0 Å². The van der Waals surface area contributed by atoms with Gasteiger partial charge in [-0.1, -0.05) is 26.2 Å². The van der Waals surface area contributed by atoms with E-state index in [9.17, 15) is 10.1 Å². The third-order valence-electron chi connectivity index (χ3n) is 2.99. The molecule has 6 nitrogen and oxygen atoms in total. The summed E-state index contributed by atoms with van der Waals surface area (Å²) in [7, 11) is 1.46.